The van der Waals surface area contributed by atoms with Gasteiger partial charge in [0.15, 0.2) is 6.73 Å². The molecule has 2 heterocycles. The van der Waals surface area contributed by atoms with E-state index in [-0.39, 0.29) is 70.4 Å². The molecule has 0 saturated heterocycles. The smallest absolute Gasteiger partial charge is 0.311 e. The van der Waals surface area contributed by atoms with E-state index in [4.69, 9.17) is 9.84 Å². The molecule has 0 amide bonds. The van der Waals surface area contributed by atoms with Crippen LogP contribution < -0.4 is 0 Å². The predicted molar refractivity (Wildman–Crippen MR) is 112 cm³/mol. The zero-order valence-electron chi connectivity index (χ0n) is 10.7. The Bertz CT molecular complexity index is 463. The number of esters is 1. The van der Waals surface area contributed by atoms with Gasteiger partial charge in [0.2, 0.25) is 0 Å². The second-order valence-electron chi connectivity index (χ2n) is 3.67. The third-order valence-corrected chi connectivity index (χ3v) is 2.18. The Hall–Kier alpha value is -2.27. The fourth-order valence-electron chi connectivity index (χ4n) is 1.24. The summed E-state index contributed by atoms with van der Waals surface area (Å²) in [5.74, 6) is -0.251. The highest BCUT2D eigenvalue weighted by atomic mass is 16.5. The van der Waals surface area contributed by atoms with Crippen LogP contribution in [0.25, 0.3) is 0 Å². The van der Waals surface area contributed by atoms with E-state index < -0.39 is 0 Å². The Labute approximate surface area is 156 Å². The highest BCUT2D eigenvalue weighted by Crippen LogP contribution is 1.93. The van der Waals surface area contributed by atoms with Crippen molar-refractivity contribution in [2.24, 2.45) is 0 Å². The van der Waals surface area contributed by atoms with Gasteiger partial charge in [0.05, 0.1) is 6.42 Å². The van der Waals surface area contributed by atoms with Crippen LogP contribution in [-0.4, -0.2) is 20.2 Å². The maximum absolute atomic E-state index is 10.8. The largest absolute Gasteiger partial charge is 0.444 e. The van der Waals surface area contributed by atoms with Gasteiger partial charge in [-0.05, 0) is 24.3 Å². The van der Waals surface area contributed by atoms with Crippen LogP contribution in [0.5, 0.6) is 0 Å². The van der Waals surface area contributed by atoms with Gasteiger partial charge in [0.25, 0.3) is 0 Å². The highest BCUT2D eigenvalue weighted by Gasteiger charge is 1.97. The predicted octanol–water partition coefficient (Wildman–Crippen LogP) is 5.82. The Morgan fingerprint density at radius 1 is 0.880 bits per heavy atom. The van der Waals surface area contributed by atoms with E-state index in [2.05, 4.69) is 6.58 Å². The van der Waals surface area contributed by atoms with Crippen LogP contribution in [0.1, 0.15) is 51.0 Å². The fraction of sp³-hybridized carbons (Fsp3) is 0.450. The number of nitrogens with zero attached hydrogens (tertiary/aromatic N) is 2. The molecule has 0 fully saturated rings. The molecule has 0 unspecified atom stereocenters. The van der Waals surface area contributed by atoms with Crippen molar-refractivity contribution in [3.63, 3.8) is 0 Å². The van der Waals surface area contributed by atoms with Crippen LogP contribution >= 0.6 is 0 Å². The number of hydrogen-bond donors (Lipinski definition) is 1. The van der Waals surface area contributed by atoms with Crippen molar-refractivity contribution in [3.8, 4) is 0 Å². The number of carbonyl (C=O) groups excluding carboxylic acids is 1. The molecular weight excluding hydrogens is 316 g/mol. The van der Waals surface area contributed by atoms with Crippen molar-refractivity contribution in [1.29, 1.82) is 0 Å². The van der Waals surface area contributed by atoms with Gasteiger partial charge in [-0.15, -0.1) is 6.58 Å². The van der Waals surface area contributed by atoms with Crippen molar-refractivity contribution in [2.45, 2.75) is 64.4 Å². The van der Waals surface area contributed by atoms with E-state index in [1.54, 1.807) is 21.5 Å². The van der Waals surface area contributed by atoms with Crippen molar-refractivity contribution in [3.05, 3.63) is 61.7 Å². The van der Waals surface area contributed by atoms with Gasteiger partial charge in [0, 0.05) is 24.8 Å². The Balaban J connectivity index is -0.0000000623. The van der Waals surface area contributed by atoms with E-state index in [1.165, 1.54) is 6.08 Å². The quantitative estimate of drug-likeness (QED) is 0.541. The number of aliphatic hydroxyl groups is 1. The Morgan fingerprint density at radius 2 is 1.28 bits per heavy atom. The molecular formula is C20H42N2O3. The van der Waals surface area contributed by atoms with Gasteiger partial charge in [-0.25, -0.2) is 0 Å². The van der Waals surface area contributed by atoms with Gasteiger partial charge < -0.3 is 19.0 Å². The summed E-state index contributed by atoms with van der Waals surface area (Å²) in [6.45, 7) is 3.79. The molecule has 5 nitrogen and oxygen atoms in total. The number of hydrogen-bond acceptors (Lipinski definition) is 3. The van der Waals surface area contributed by atoms with Crippen LogP contribution in [0.4, 0.5) is 0 Å². The van der Waals surface area contributed by atoms with Gasteiger partial charge in [-0.1, -0.05) is 50.6 Å². The molecule has 5 heteroatoms. The zero-order valence-corrected chi connectivity index (χ0v) is 10.7. The summed E-state index contributed by atoms with van der Waals surface area (Å²) >= 11 is 0. The molecule has 2 aromatic heterocycles. The average Bonchev–Trinajstić information content (AvgIpc) is 3.10. The number of aliphatic hydroxyl groups excluding tert-OH is 1. The zero-order chi connectivity index (χ0) is 13.9. The maximum atomic E-state index is 10.8. The van der Waals surface area contributed by atoms with Crippen molar-refractivity contribution >= 4 is 5.97 Å². The molecule has 0 aliphatic rings. The molecule has 0 saturated carbocycles. The van der Waals surface area contributed by atoms with Gasteiger partial charge in [0.1, 0.15) is 6.73 Å². The van der Waals surface area contributed by atoms with E-state index in [1.807, 2.05) is 36.7 Å². The monoisotopic (exact) mass is 358 g/mol. The highest BCUT2D eigenvalue weighted by molar-refractivity contribution is 5.70. The second-order valence-corrected chi connectivity index (χ2v) is 3.67. The van der Waals surface area contributed by atoms with Crippen LogP contribution in [0.3, 0.4) is 0 Å². The standard InChI is InChI=1S/C9H11NO2.C5H7NO.6CH4/c1-2-5-9(11)12-8-10-6-3-4-7-10;7-5-6-3-1-2-4-6;;;;;;/h2-4,6-7H,1,5,8H2;1-4,7H,5H2;6*1H4. The molecule has 0 aliphatic heterocycles. The molecule has 0 radical (unpaired) electrons. The first-order valence-corrected chi connectivity index (χ1v) is 5.85. The molecule has 2 aromatic rings. The lowest BCUT2D eigenvalue weighted by atomic mass is 10.4. The van der Waals surface area contributed by atoms with Crippen LogP contribution in [0, 0.1) is 0 Å². The van der Waals surface area contributed by atoms with Crippen LogP contribution in [0.2, 0.25) is 0 Å². The minimum Gasteiger partial charge on any atom is -0.444 e. The lowest BCUT2D eigenvalue weighted by molar-refractivity contribution is -0.146. The summed E-state index contributed by atoms with van der Waals surface area (Å²) in [4.78, 5) is 10.8. The van der Waals surface area contributed by atoms with Crippen molar-refractivity contribution in [1.82, 2.24) is 9.13 Å². The molecule has 0 aromatic carbocycles. The minimum atomic E-state index is -0.251. The minimum absolute atomic E-state index is 0. The SMILES string of the molecule is C.C.C.C.C.C.C=CCC(=O)OCn1cccc1.OCn1cccc1. The topological polar surface area (TPSA) is 56.4 Å². The fourth-order valence-corrected chi connectivity index (χ4v) is 1.24. The summed E-state index contributed by atoms with van der Waals surface area (Å²) < 4.78 is 8.34. The van der Waals surface area contributed by atoms with E-state index in [0.29, 0.717) is 0 Å². The molecule has 1 N–H and O–H groups in total. The third-order valence-electron chi connectivity index (χ3n) is 2.18. The third kappa shape index (κ3) is 17.9. The summed E-state index contributed by atoms with van der Waals surface area (Å²) in [5.41, 5.74) is 0. The first-order chi connectivity index (χ1) is 9.26. The number of rotatable bonds is 5. The average molecular weight is 359 g/mol. The molecule has 25 heavy (non-hydrogen) atoms. The Kier molecular flexibility index (Phi) is 36.8. The molecule has 0 bridgehead atoms. The molecule has 0 aliphatic carbocycles. The molecule has 0 spiro atoms. The normalized spacial score (nSPS) is 7.08. The van der Waals surface area contributed by atoms with Crippen molar-refractivity contribution < 1.29 is 14.6 Å². The van der Waals surface area contributed by atoms with E-state index in [9.17, 15) is 4.79 Å². The van der Waals surface area contributed by atoms with Crippen molar-refractivity contribution in [2.75, 3.05) is 0 Å². The van der Waals surface area contributed by atoms with Gasteiger partial charge >= 0.3 is 5.97 Å². The molecule has 2 rings (SSSR count). The van der Waals surface area contributed by atoms with Crippen LogP contribution in [-0.2, 0) is 23.0 Å². The first-order valence-electron chi connectivity index (χ1n) is 5.85. The first kappa shape index (κ1) is 38.3. The summed E-state index contributed by atoms with van der Waals surface area (Å²) in [7, 11) is 0. The lowest BCUT2D eigenvalue weighted by Gasteiger charge is -2.03. The molecule has 150 valence electrons. The maximum Gasteiger partial charge on any atom is 0.311 e. The van der Waals surface area contributed by atoms with Gasteiger partial charge in [-0.3, -0.25) is 4.79 Å². The van der Waals surface area contributed by atoms with E-state index in [0.717, 1.165) is 0 Å². The number of aromatic nitrogens is 2. The van der Waals surface area contributed by atoms with Crippen LogP contribution in [0.15, 0.2) is 61.7 Å². The second kappa shape index (κ2) is 24.0. The van der Waals surface area contributed by atoms with E-state index >= 15 is 0 Å². The number of carbonyl (C=O) groups is 1. The van der Waals surface area contributed by atoms with Gasteiger partial charge in [-0.2, -0.15) is 0 Å². The number of ether oxygens (including phenoxy) is 1. The summed E-state index contributed by atoms with van der Waals surface area (Å²) in [5, 5.41) is 8.39. The summed E-state index contributed by atoms with van der Waals surface area (Å²) in [6.07, 6.45) is 9.07. The molecule has 0 atom stereocenters. The summed E-state index contributed by atoms with van der Waals surface area (Å²) in [6, 6.07) is 7.50. The lowest BCUT2D eigenvalue weighted by Crippen LogP contribution is -2.06. The Morgan fingerprint density at radius 3 is 1.60 bits per heavy atom.